The second-order valence-corrected chi connectivity index (χ2v) is 3.06. The van der Waals surface area contributed by atoms with Gasteiger partial charge in [-0.3, -0.25) is 0 Å². The zero-order valence-corrected chi connectivity index (χ0v) is 8.18. The van der Waals surface area contributed by atoms with Crippen molar-refractivity contribution in [2.45, 2.75) is 0 Å². The number of benzene rings is 1. The molecule has 4 heteroatoms. The normalized spacial score (nSPS) is 9.69. The molecule has 1 aromatic heterocycles. The number of nitrogens with zero attached hydrogens (tertiary/aromatic N) is 1. The first kappa shape index (κ1) is 9.99. The van der Waals surface area contributed by atoms with Crippen LogP contribution in [0, 0.1) is 12.3 Å². The van der Waals surface area contributed by atoms with Gasteiger partial charge < -0.3 is 9.63 Å². The van der Waals surface area contributed by atoms with E-state index in [4.69, 9.17) is 16.1 Å². The lowest BCUT2D eigenvalue weighted by Gasteiger charge is -2.00. The Labute approximate surface area is 91.5 Å². The summed E-state index contributed by atoms with van der Waals surface area (Å²) in [6.45, 7) is 0. The third-order valence-corrected chi connectivity index (χ3v) is 2.13. The molecule has 1 heterocycles. The van der Waals surface area contributed by atoms with Gasteiger partial charge >= 0.3 is 5.97 Å². The van der Waals surface area contributed by atoms with Gasteiger partial charge in [0.25, 0.3) is 0 Å². The number of aromatic nitrogens is 1. The van der Waals surface area contributed by atoms with Crippen LogP contribution in [0.15, 0.2) is 35.0 Å². The number of hydrogen-bond acceptors (Lipinski definition) is 3. The van der Waals surface area contributed by atoms with Gasteiger partial charge in [0, 0.05) is 11.1 Å². The maximum Gasteiger partial charge on any atom is 0.341 e. The average molecular weight is 213 g/mol. The standard InChI is InChI=1S/C12H7NO3/c1-2-8-5-3-4-6-9(8)11-10(12(14)15)7-13-16-11/h1,3-7H,(H,14,15). The molecular weight excluding hydrogens is 206 g/mol. The van der Waals surface area contributed by atoms with Crippen LogP contribution in [0.25, 0.3) is 11.3 Å². The summed E-state index contributed by atoms with van der Waals surface area (Å²) < 4.78 is 4.93. The van der Waals surface area contributed by atoms with Crippen molar-refractivity contribution in [3.05, 3.63) is 41.6 Å². The fourth-order valence-electron chi connectivity index (χ4n) is 1.39. The molecule has 4 nitrogen and oxygen atoms in total. The van der Waals surface area contributed by atoms with E-state index in [2.05, 4.69) is 11.1 Å². The number of rotatable bonds is 2. The van der Waals surface area contributed by atoms with E-state index in [9.17, 15) is 4.79 Å². The highest BCUT2D eigenvalue weighted by Gasteiger charge is 2.18. The van der Waals surface area contributed by atoms with Crippen LogP contribution in [0.1, 0.15) is 15.9 Å². The molecule has 0 unspecified atom stereocenters. The molecule has 0 saturated heterocycles. The highest BCUT2D eigenvalue weighted by molar-refractivity contribution is 5.94. The summed E-state index contributed by atoms with van der Waals surface area (Å²) in [5.74, 6) is 1.56. The van der Waals surface area contributed by atoms with Gasteiger partial charge in [0.05, 0.1) is 6.20 Å². The van der Waals surface area contributed by atoms with E-state index in [1.807, 2.05) is 0 Å². The predicted octanol–water partition coefficient (Wildman–Crippen LogP) is 2.02. The lowest BCUT2D eigenvalue weighted by molar-refractivity contribution is 0.0697. The Morgan fingerprint density at radius 1 is 1.44 bits per heavy atom. The zero-order valence-electron chi connectivity index (χ0n) is 8.18. The van der Waals surface area contributed by atoms with Crippen molar-refractivity contribution < 1.29 is 14.4 Å². The van der Waals surface area contributed by atoms with Crippen LogP contribution in [0.3, 0.4) is 0 Å². The van der Waals surface area contributed by atoms with E-state index in [1.165, 1.54) is 0 Å². The lowest BCUT2D eigenvalue weighted by atomic mass is 10.0. The molecular formula is C12H7NO3. The van der Waals surface area contributed by atoms with Crippen molar-refractivity contribution in [3.63, 3.8) is 0 Å². The molecule has 0 aliphatic carbocycles. The Bertz CT molecular complexity index is 578. The van der Waals surface area contributed by atoms with Crippen molar-refractivity contribution in [1.82, 2.24) is 5.16 Å². The fourth-order valence-corrected chi connectivity index (χ4v) is 1.39. The van der Waals surface area contributed by atoms with E-state index in [0.29, 0.717) is 11.1 Å². The van der Waals surface area contributed by atoms with Crippen molar-refractivity contribution >= 4 is 5.97 Å². The molecule has 0 radical (unpaired) electrons. The van der Waals surface area contributed by atoms with E-state index in [0.717, 1.165) is 6.20 Å². The molecule has 0 saturated carbocycles. The number of aromatic carboxylic acids is 1. The molecule has 0 aliphatic rings. The zero-order chi connectivity index (χ0) is 11.5. The van der Waals surface area contributed by atoms with Gasteiger partial charge in [-0.1, -0.05) is 23.2 Å². The Morgan fingerprint density at radius 3 is 2.88 bits per heavy atom. The van der Waals surface area contributed by atoms with Crippen LogP contribution in [0.4, 0.5) is 0 Å². The number of hydrogen-bond donors (Lipinski definition) is 1. The Morgan fingerprint density at radius 2 is 2.19 bits per heavy atom. The van der Waals surface area contributed by atoms with Crippen LogP contribution in [0.2, 0.25) is 0 Å². The first-order valence-electron chi connectivity index (χ1n) is 4.48. The number of terminal acetylenes is 1. The Hall–Kier alpha value is -2.54. The smallest absolute Gasteiger partial charge is 0.341 e. The van der Waals surface area contributed by atoms with Gasteiger partial charge in [0.1, 0.15) is 5.56 Å². The maximum atomic E-state index is 10.9. The molecule has 0 atom stereocenters. The SMILES string of the molecule is C#Cc1ccccc1-c1oncc1C(=O)O. The first-order chi connectivity index (χ1) is 7.74. The summed E-state index contributed by atoms with van der Waals surface area (Å²) in [5.41, 5.74) is 1.13. The number of carbonyl (C=O) groups is 1. The molecule has 1 aromatic carbocycles. The van der Waals surface area contributed by atoms with E-state index < -0.39 is 5.97 Å². The van der Waals surface area contributed by atoms with Gasteiger partial charge in [-0.15, -0.1) is 6.42 Å². The van der Waals surface area contributed by atoms with Crippen LogP contribution in [-0.4, -0.2) is 16.2 Å². The fraction of sp³-hybridized carbons (Fsp3) is 0. The summed E-state index contributed by atoms with van der Waals surface area (Å²) in [6, 6.07) is 6.94. The van der Waals surface area contributed by atoms with E-state index >= 15 is 0 Å². The molecule has 16 heavy (non-hydrogen) atoms. The summed E-state index contributed by atoms with van der Waals surface area (Å²) in [5, 5.41) is 12.4. The maximum absolute atomic E-state index is 10.9. The number of carboxylic acid groups (broad SMARTS) is 1. The number of carboxylic acids is 1. The highest BCUT2D eigenvalue weighted by atomic mass is 16.5. The molecule has 78 valence electrons. The molecule has 0 spiro atoms. The minimum Gasteiger partial charge on any atom is -0.477 e. The molecule has 0 aliphatic heterocycles. The summed E-state index contributed by atoms with van der Waals surface area (Å²) in [4.78, 5) is 10.9. The van der Waals surface area contributed by atoms with Crippen molar-refractivity contribution in [3.8, 4) is 23.7 Å². The molecule has 0 amide bonds. The highest BCUT2D eigenvalue weighted by Crippen LogP contribution is 2.26. The van der Waals surface area contributed by atoms with Gasteiger partial charge in [-0.25, -0.2) is 4.79 Å². The van der Waals surface area contributed by atoms with Gasteiger partial charge in [-0.2, -0.15) is 0 Å². The average Bonchev–Trinajstić information content (AvgIpc) is 2.77. The van der Waals surface area contributed by atoms with Gasteiger partial charge in [-0.05, 0) is 12.1 Å². The van der Waals surface area contributed by atoms with Crippen LogP contribution >= 0.6 is 0 Å². The molecule has 0 bridgehead atoms. The molecule has 2 aromatic rings. The van der Waals surface area contributed by atoms with Crippen LogP contribution in [0.5, 0.6) is 0 Å². The third kappa shape index (κ3) is 1.55. The Balaban J connectivity index is 2.64. The minimum atomic E-state index is -1.09. The van der Waals surface area contributed by atoms with Crippen molar-refractivity contribution in [1.29, 1.82) is 0 Å². The van der Waals surface area contributed by atoms with Gasteiger partial charge in [0.2, 0.25) is 0 Å². The first-order valence-corrected chi connectivity index (χ1v) is 4.48. The Kier molecular flexibility index (Phi) is 2.44. The summed E-state index contributed by atoms with van der Waals surface area (Å²) in [7, 11) is 0. The molecule has 0 fully saturated rings. The van der Waals surface area contributed by atoms with E-state index in [-0.39, 0.29) is 11.3 Å². The predicted molar refractivity (Wildman–Crippen MR) is 56.8 cm³/mol. The minimum absolute atomic E-state index is 0.00250. The topological polar surface area (TPSA) is 63.3 Å². The second kappa shape index (κ2) is 3.91. The summed E-state index contributed by atoms with van der Waals surface area (Å²) >= 11 is 0. The summed E-state index contributed by atoms with van der Waals surface area (Å²) in [6.07, 6.45) is 6.48. The van der Waals surface area contributed by atoms with Crippen molar-refractivity contribution in [2.24, 2.45) is 0 Å². The second-order valence-electron chi connectivity index (χ2n) is 3.06. The van der Waals surface area contributed by atoms with Crippen molar-refractivity contribution in [2.75, 3.05) is 0 Å². The quantitative estimate of drug-likeness (QED) is 0.775. The van der Waals surface area contributed by atoms with Crippen LogP contribution < -0.4 is 0 Å². The van der Waals surface area contributed by atoms with Crippen LogP contribution in [-0.2, 0) is 0 Å². The van der Waals surface area contributed by atoms with E-state index in [1.54, 1.807) is 24.3 Å². The largest absolute Gasteiger partial charge is 0.477 e. The third-order valence-electron chi connectivity index (χ3n) is 2.13. The molecule has 1 N–H and O–H groups in total. The lowest BCUT2D eigenvalue weighted by Crippen LogP contribution is -1.96. The monoisotopic (exact) mass is 213 g/mol. The van der Waals surface area contributed by atoms with Gasteiger partial charge in [0.15, 0.2) is 5.76 Å². The molecule has 2 rings (SSSR count).